The highest BCUT2D eigenvalue weighted by Gasteiger charge is 2.18. The third-order valence-electron chi connectivity index (χ3n) is 2.12. The summed E-state index contributed by atoms with van der Waals surface area (Å²) in [6.45, 7) is 4.75. The molecule has 8 heteroatoms. The summed E-state index contributed by atoms with van der Waals surface area (Å²) < 4.78 is 4.94. The molecule has 0 amide bonds. The Hall–Kier alpha value is -1.65. The Morgan fingerprint density at radius 1 is 1.32 bits per heavy atom. The maximum absolute atomic E-state index is 8.95. The van der Waals surface area contributed by atoms with Gasteiger partial charge in [-0.2, -0.15) is 20.2 Å². The van der Waals surface area contributed by atoms with Crippen LogP contribution < -0.4 is 10.6 Å². The van der Waals surface area contributed by atoms with Crippen LogP contribution >= 0.6 is 11.6 Å². The molecule has 0 aliphatic carbocycles. The lowest BCUT2D eigenvalue weighted by molar-refractivity contribution is 0.197. The van der Waals surface area contributed by atoms with E-state index >= 15 is 0 Å². The lowest BCUT2D eigenvalue weighted by Crippen LogP contribution is -2.29. The predicted molar refractivity (Wildman–Crippen MR) is 73.1 cm³/mol. The zero-order chi connectivity index (χ0) is 14.3. The van der Waals surface area contributed by atoms with Gasteiger partial charge in [0.05, 0.1) is 6.07 Å². The number of hydrogen-bond acceptors (Lipinski definition) is 7. The molecule has 0 saturated heterocycles. The van der Waals surface area contributed by atoms with Gasteiger partial charge in [-0.05, 0) is 31.9 Å². The molecule has 1 rings (SSSR count). The largest absolute Gasteiger partial charge is 0.385 e. The van der Waals surface area contributed by atoms with Crippen LogP contribution in [-0.2, 0) is 4.74 Å². The molecule has 0 unspecified atom stereocenters. The van der Waals surface area contributed by atoms with Crippen molar-refractivity contribution in [1.29, 1.82) is 5.26 Å². The molecule has 2 N–H and O–H groups in total. The molecule has 1 aromatic rings. The molecule has 0 aromatic carbocycles. The van der Waals surface area contributed by atoms with Crippen LogP contribution in [-0.4, -0.2) is 40.8 Å². The van der Waals surface area contributed by atoms with Crippen LogP contribution in [0.25, 0.3) is 0 Å². The molecule has 0 radical (unpaired) electrons. The number of methoxy groups -OCH3 is 1. The summed E-state index contributed by atoms with van der Waals surface area (Å²) in [6.07, 6.45) is 0.826. The van der Waals surface area contributed by atoms with Crippen molar-refractivity contribution in [3.8, 4) is 6.07 Å². The van der Waals surface area contributed by atoms with E-state index in [0.29, 0.717) is 19.1 Å². The quantitative estimate of drug-likeness (QED) is 0.735. The highest BCUT2D eigenvalue weighted by molar-refractivity contribution is 6.28. The van der Waals surface area contributed by atoms with E-state index in [1.807, 2.05) is 0 Å². The van der Waals surface area contributed by atoms with Crippen LogP contribution in [0.4, 0.5) is 11.9 Å². The number of aromatic nitrogens is 3. The number of halogens is 1. The van der Waals surface area contributed by atoms with Gasteiger partial charge >= 0.3 is 0 Å². The molecule has 104 valence electrons. The van der Waals surface area contributed by atoms with Crippen LogP contribution in [0.1, 0.15) is 20.3 Å². The SMILES string of the molecule is COCCCNc1nc(Cl)nc(NC(C)(C)C#N)n1. The highest BCUT2D eigenvalue weighted by atomic mass is 35.5. The van der Waals surface area contributed by atoms with Crippen LogP contribution in [0.15, 0.2) is 0 Å². The number of hydrogen-bond donors (Lipinski definition) is 2. The second-order valence-corrected chi connectivity index (χ2v) is 4.72. The zero-order valence-corrected chi connectivity index (χ0v) is 12.0. The second kappa shape index (κ2) is 7.07. The number of anilines is 2. The first kappa shape index (κ1) is 15.4. The fraction of sp³-hybridized carbons (Fsp3) is 0.636. The summed E-state index contributed by atoms with van der Waals surface area (Å²) in [6, 6.07) is 2.10. The smallest absolute Gasteiger partial charge is 0.230 e. The standard InChI is InChI=1S/C11H17ClN6O/c1-11(2,7-13)18-10-16-8(12)15-9(17-10)14-5-4-6-19-3/h4-6H2,1-3H3,(H2,14,15,16,17,18). The molecule has 0 aliphatic rings. The van der Waals surface area contributed by atoms with E-state index < -0.39 is 5.54 Å². The topological polar surface area (TPSA) is 95.8 Å². The van der Waals surface area contributed by atoms with Crippen molar-refractivity contribution < 1.29 is 4.74 Å². The summed E-state index contributed by atoms with van der Waals surface area (Å²) in [4.78, 5) is 12.0. The van der Waals surface area contributed by atoms with Gasteiger partial charge in [0.15, 0.2) is 0 Å². The molecule has 0 fully saturated rings. The summed E-state index contributed by atoms with van der Waals surface area (Å²) in [5, 5.41) is 14.9. The minimum atomic E-state index is -0.780. The number of nitriles is 1. The third-order valence-corrected chi connectivity index (χ3v) is 2.29. The van der Waals surface area contributed by atoms with Gasteiger partial charge in [0, 0.05) is 20.3 Å². The Kier molecular flexibility index (Phi) is 5.73. The second-order valence-electron chi connectivity index (χ2n) is 4.39. The van der Waals surface area contributed by atoms with Gasteiger partial charge in [0.1, 0.15) is 5.54 Å². The van der Waals surface area contributed by atoms with Gasteiger partial charge in [-0.1, -0.05) is 0 Å². The fourth-order valence-corrected chi connectivity index (χ4v) is 1.37. The van der Waals surface area contributed by atoms with E-state index in [0.717, 1.165) is 6.42 Å². The molecule has 0 spiro atoms. The number of ether oxygens (including phenoxy) is 1. The number of rotatable bonds is 7. The zero-order valence-electron chi connectivity index (χ0n) is 11.2. The first-order chi connectivity index (χ1) is 8.96. The lowest BCUT2D eigenvalue weighted by atomic mass is 10.1. The molecular formula is C11H17ClN6O. The average molecular weight is 285 g/mol. The molecule has 1 aromatic heterocycles. The van der Waals surface area contributed by atoms with Crippen molar-refractivity contribution in [2.45, 2.75) is 25.8 Å². The molecule has 1 heterocycles. The average Bonchev–Trinajstić information content (AvgIpc) is 2.33. The maximum Gasteiger partial charge on any atom is 0.230 e. The van der Waals surface area contributed by atoms with Crippen molar-refractivity contribution in [2.75, 3.05) is 30.9 Å². The lowest BCUT2D eigenvalue weighted by Gasteiger charge is -2.17. The highest BCUT2D eigenvalue weighted by Crippen LogP contribution is 2.14. The van der Waals surface area contributed by atoms with Gasteiger partial charge in [-0.3, -0.25) is 0 Å². The molecule has 0 atom stereocenters. The van der Waals surface area contributed by atoms with Crippen LogP contribution in [0.3, 0.4) is 0 Å². The molecule has 0 saturated carbocycles. The van der Waals surface area contributed by atoms with E-state index in [9.17, 15) is 0 Å². The third kappa shape index (κ3) is 5.68. The van der Waals surface area contributed by atoms with Crippen LogP contribution in [0.5, 0.6) is 0 Å². The number of nitrogens with zero attached hydrogens (tertiary/aromatic N) is 4. The summed E-state index contributed by atoms with van der Waals surface area (Å²) in [5.41, 5.74) is -0.780. The fourth-order valence-electron chi connectivity index (χ4n) is 1.21. The van der Waals surface area contributed by atoms with E-state index in [2.05, 4.69) is 31.7 Å². The summed E-state index contributed by atoms with van der Waals surface area (Å²) in [7, 11) is 1.64. The number of nitrogens with one attached hydrogen (secondary N) is 2. The normalized spacial score (nSPS) is 10.9. The summed E-state index contributed by atoms with van der Waals surface area (Å²) in [5.74, 6) is 0.633. The molecule has 0 aliphatic heterocycles. The molecular weight excluding hydrogens is 268 g/mol. The van der Waals surface area contributed by atoms with Crippen LogP contribution in [0.2, 0.25) is 5.28 Å². The van der Waals surface area contributed by atoms with Crippen molar-refractivity contribution in [1.82, 2.24) is 15.0 Å². The predicted octanol–water partition coefficient (Wildman–Crippen LogP) is 1.69. The Morgan fingerprint density at radius 2 is 2.00 bits per heavy atom. The van der Waals surface area contributed by atoms with Crippen molar-refractivity contribution in [3.05, 3.63) is 5.28 Å². The molecule has 0 bridgehead atoms. The van der Waals surface area contributed by atoms with E-state index in [4.69, 9.17) is 21.6 Å². The Balaban J connectivity index is 2.69. The Morgan fingerprint density at radius 3 is 2.63 bits per heavy atom. The van der Waals surface area contributed by atoms with E-state index in [1.165, 1.54) is 0 Å². The summed E-state index contributed by atoms with van der Waals surface area (Å²) >= 11 is 5.81. The maximum atomic E-state index is 8.95. The minimum absolute atomic E-state index is 0.0699. The minimum Gasteiger partial charge on any atom is -0.385 e. The van der Waals surface area contributed by atoms with Crippen molar-refractivity contribution in [3.63, 3.8) is 0 Å². The van der Waals surface area contributed by atoms with Crippen molar-refractivity contribution in [2.24, 2.45) is 0 Å². The first-order valence-electron chi connectivity index (χ1n) is 5.80. The molecule has 7 nitrogen and oxygen atoms in total. The van der Waals surface area contributed by atoms with Gasteiger partial charge in [0.25, 0.3) is 0 Å². The Labute approximate surface area is 117 Å². The molecule has 19 heavy (non-hydrogen) atoms. The van der Waals surface area contributed by atoms with Gasteiger partial charge in [-0.25, -0.2) is 0 Å². The van der Waals surface area contributed by atoms with Gasteiger partial charge in [-0.15, -0.1) is 0 Å². The first-order valence-corrected chi connectivity index (χ1v) is 6.18. The van der Waals surface area contributed by atoms with E-state index in [1.54, 1.807) is 21.0 Å². The van der Waals surface area contributed by atoms with Crippen LogP contribution in [0, 0.1) is 11.3 Å². The van der Waals surface area contributed by atoms with E-state index in [-0.39, 0.29) is 11.2 Å². The van der Waals surface area contributed by atoms with Crippen molar-refractivity contribution >= 4 is 23.5 Å². The monoisotopic (exact) mass is 284 g/mol. The Bertz CT molecular complexity index is 459. The van der Waals surface area contributed by atoms with Gasteiger partial charge in [0.2, 0.25) is 17.2 Å². The van der Waals surface area contributed by atoms with Gasteiger partial charge < -0.3 is 15.4 Å².